The van der Waals surface area contributed by atoms with Crippen LogP contribution in [0.2, 0.25) is 0 Å². The van der Waals surface area contributed by atoms with Gasteiger partial charge in [0.15, 0.2) is 5.78 Å². The van der Waals surface area contributed by atoms with E-state index in [1.54, 1.807) is 6.92 Å². The van der Waals surface area contributed by atoms with Crippen LogP contribution < -0.4 is 5.73 Å². The average Bonchev–Trinajstić information content (AvgIpc) is 2.72. The van der Waals surface area contributed by atoms with Gasteiger partial charge in [-0.3, -0.25) is 4.79 Å². The Hall–Kier alpha value is -2.31. The standard InChI is InChI=1S/C15H16F3N3O/c1-3-8-21-14(19)12(9(2)20-21)13(22)10-6-4-5-7-11(10)15(16,17)18/h4-7H,3,8,19H2,1-2H3. The first-order valence-electron chi connectivity index (χ1n) is 6.81. The molecule has 0 radical (unpaired) electrons. The number of ketones is 1. The Morgan fingerprint density at radius 1 is 1.32 bits per heavy atom. The van der Waals surface area contributed by atoms with E-state index >= 15 is 0 Å². The van der Waals surface area contributed by atoms with Crippen LogP contribution in [0.3, 0.4) is 0 Å². The molecule has 4 nitrogen and oxygen atoms in total. The fourth-order valence-corrected chi connectivity index (χ4v) is 2.33. The molecule has 0 unspecified atom stereocenters. The smallest absolute Gasteiger partial charge is 0.383 e. The zero-order valence-electron chi connectivity index (χ0n) is 12.2. The van der Waals surface area contributed by atoms with E-state index in [0.29, 0.717) is 12.2 Å². The molecule has 0 fully saturated rings. The molecule has 1 heterocycles. The van der Waals surface area contributed by atoms with Gasteiger partial charge in [0, 0.05) is 12.1 Å². The number of carbonyl (C=O) groups is 1. The van der Waals surface area contributed by atoms with E-state index in [4.69, 9.17) is 5.73 Å². The number of anilines is 1. The molecule has 0 aliphatic heterocycles. The Morgan fingerprint density at radius 3 is 2.55 bits per heavy atom. The fourth-order valence-electron chi connectivity index (χ4n) is 2.33. The van der Waals surface area contributed by atoms with Gasteiger partial charge in [-0.15, -0.1) is 0 Å². The number of alkyl halides is 3. The molecule has 7 heteroatoms. The van der Waals surface area contributed by atoms with Crippen molar-refractivity contribution in [1.29, 1.82) is 0 Å². The van der Waals surface area contributed by atoms with E-state index < -0.39 is 23.1 Å². The molecule has 0 bridgehead atoms. The highest BCUT2D eigenvalue weighted by molar-refractivity contribution is 6.13. The topological polar surface area (TPSA) is 60.9 Å². The maximum Gasteiger partial charge on any atom is 0.417 e. The predicted molar refractivity (Wildman–Crippen MR) is 76.5 cm³/mol. The lowest BCUT2D eigenvalue weighted by atomic mass is 9.98. The number of nitrogens with zero attached hydrogens (tertiary/aromatic N) is 2. The van der Waals surface area contributed by atoms with Gasteiger partial charge in [0.1, 0.15) is 5.82 Å². The second-order valence-corrected chi connectivity index (χ2v) is 4.94. The van der Waals surface area contributed by atoms with Gasteiger partial charge in [-0.1, -0.05) is 25.1 Å². The van der Waals surface area contributed by atoms with E-state index in [0.717, 1.165) is 18.6 Å². The van der Waals surface area contributed by atoms with E-state index in [1.165, 1.54) is 16.8 Å². The monoisotopic (exact) mass is 311 g/mol. The molecular weight excluding hydrogens is 295 g/mol. The summed E-state index contributed by atoms with van der Waals surface area (Å²) in [5.41, 5.74) is 4.86. The third-order valence-electron chi connectivity index (χ3n) is 3.31. The number of nitrogen functional groups attached to an aromatic ring is 1. The molecule has 0 atom stereocenters. The minimum Gasteiger partial charge on any atom is -0.383 e. The number of rotatable bonds is 4. The van der Waals surface area contributed by atoms with Crippen molar-refractivity contribution in [2.75, 3.05) is 5.73 Å². The van der Waals surface area contributed by atoms with Gasteiger partial charge < -0.3 is 5.73 Å². The second-order valence-electron chi connectivity index (χ2n) is 4.94. The van der Waals surface area contributed by atoms with Crippen LogP contribution >= 0.6 is 0 Å². The fraction of sp³-hybridized carbons (Fsp3) is 0.333. The molecular formula is C15H16F3N3O. The van der Waals surface area contributed by atoms with Crippen molar-refractivity contribution in [2.24, 2.45) is 0 Å². The van der Waals surface area contributed by atoms with Gasteiger partial charge >= 0.3 is 6.18 Å². The maximum absolute atomic E-state index is 13.0. The second kappa shape index (κ2) is 5.82. The van der Waals surface area contributed by atoms with E-state index in [2.05, 4.69) is 5.10 Å². The summed E-state index contributed by atoms with van der Waals surface area (Å²) in [6, 6.07) is 4.68. The molecule has 118 valence electrons. The van der Waals surface area contributed by atoms with Crippen molar-refractivity contribution in [3.63, 3.8) is 0 Å². The van der Waals surface area contributed by atoms with Crippen LogP contribution in [-0.4, -0.2) is 15.6 Å². The largest absolute Gasteiger partial charge is 0.417 e. The summed E-state index contributed by atoms with van der Waals surface area (Å²) in [6.45, 7) is 3.98. The minimum absolute atomic E-state index is 0.0325. The van der Waals surface area contributed by atoms with Gasteiger partial charge in [0.05, 0.1) is 16.8 Å². The van der Waals surface area contributed by atoms with Crippen molar-refractivity contribution in [3.05, 3.63) is 46.6 Å². The number of carbonyl (C=O) groups excluding carboxylic acids is 1. The summed E-state index contributed by atoms with van der Waals surface area (Å²) < 4.78 is 40.6. The summed E-state index contributed by atoms with van der Waals surface area (Å²) in [5, 5.41) is 4.13. The minimum atomic E-state index is -4.60. The summed E-state index contributed by atoms with van der Waals surface area (Å²) in [7, 11) is 0. The van der Waals surface area contributed by atoms with E-state index in [-0.39, 0.29) is 11.4 Å². The molecule has 2 aromatic rings. The molecule has 0 saturated carbocycles. The molecule has 1 aromatic heterocycles. The summed E-state index contributed by atoms with van der Waals surface area (Å²) in [6.07, 6.45) is -3.85. The van der Waals surface area contributed by atoms with Crippen molar-refractivity contribution in [1.82, 2.24) is 9.78 Å². The van der Waals surface area contributed by atoms with Crippen LogP contribution in [0.15, 0.2) is 24.3 Å². The lowest BCUT2D eigenvalue weighted by Gasteiger charge is -2.12. The van der Waals surface area contributed by atoms with Crippen LogP contribution in [0.5, 0.6) is 0 Å². The zero-order valence-corrected chi connectivity index (χ0v) is 12.2. The number of halogens is 3. The van der Waals surface area contributed by atoms with Gasteiger partial charge in [-0.25, -0.2) is 4.68 Å². The Bertz CT molecular complexity index is 705. The van der Waals surface area contributed by atoms with E-state index in [9.17, 15) is 18.0 Å². The SMILES string of the molecule is CCCn1nc(C)c(C(=O)c2ccccc2C(F)(F)F)c1N. The molecule has 0 saturated heterocycles. The van der Waals surface area contributed by atoms with Crippen LogP contribution in [0.4, 0.5) is 19.0 Å². The number of nitrogens with two attached hydrogens (primary N) is 1. The lowest BCUT2D eigenvalue weighted by molar-refractivity contribution is -0.137. The number of benzene rings is 1. The molecule has 1 aromatic carbocycles. The summed E-state index contributed by atoms with van der Waals surface area (Å²) in [5.74, 6) is -0.661. The molecule has 2 N–H and O–H groups in total. The summed E-state index contributed by atoms with van der Waals surface area (Å²) in [4.78, 5) is 12.5. The van der Waals surface area contributed by atoms with Crippen molar-refractivity contribution in [3.8, 4) is 0 Å². The highest BCUT2D eigenvalue weighted by Crippen LogP contribution is 2.33. The van der Waals surface area contributed by atoms with Crippen molar-refractivity contribution >= 4 is 11.6 Å². The summed E-state index contributed by atoms with van der Waals surface area (Å²) >= 11 is 0. The first-order valence-corrected chi connectivity index (χ1v) is 6.81. The van der Waals surface area contributed by atoms with E-state index in [1.807, 2.05) is 6.92 Å². The zero-order chi connectivity index (χ0) is 16.5. The van der Waals surface area contributed by atoms with Crippen LogP contribution in [0.1, 0.15) is 40.5 Å². The lowest BCUT2D eigenvalue weighted by Crippen LogP contribution is -2.15. The van der Waals surface area contributed by atoms with Gasteiger partial charge in [-0.2, -0.15) is 18.3 Å². The van der Waals surface area contributed by atoms with Crippen LogP contribution in [0, 0.1) is 6.92 Å². The Morgan fingerprint density at radius 2 is 1.95 bits per heavy atom. The number of hydrogen-bond donors (Lipinski definition) is 1. The van der Waals surface area contributed by atoms with Crippen LogP contribution in [-0.2, 0) is 12.7 Å². The maximum atomic E-state index is 13.0. The highest BCUT2D eigenvalue weighted by Gasteiger charge is 2.36. The average molecular weight is 311 g/mol. The van der Waals surface area contributed by atoms with Gasteiger partial charge in [0.2, 0.25) is 0 Å². The number of hydrogen-bond acceptors (Lipinski definition) is 3. The molecule has 0 aliphatic carbocycles. The van der Waals surface area contributed by atoms with Gasteiger partial charge in [0.25, 0.3) is 0 Å². The third-order valence-corrected chi connectivity index (χ3v) is 3.31. The molecule has 0 aliphatic rings. The number of aromatic nitrogens is 2. The normalized spacial score (nSPS) is 11.7. The molecule has 22 heavy (non-hydrogen) atoms. The van der Waals surface area contributed by atoms with Crippen molar-refractivity contribution in [2.45, 2.75) is 33.0 Å². The van der Waals surface area contributed by atoms with Crippen LogP contribution in [0.25, 0.3) is 0 Å². The number of aryl methyl sites for hydroxylation is 2. The Labute approximate surface area is 125 Å². The molecule has 0 spiro atoms. The quantitative estimate of drug-likeness (QED) is 0.880. The first kappa shape index (κ1) is 16.1. The first-order chi connectivity index (χ1) is 10.3. The molecule has 2 rings (SSSR count). The molecule has 0 amide bonds. The Balaban J connectivity index is 2.55. The third kappa shape index (κ3) is 2.84. The highest BCUT2D eigenvalue weighted by atomic mass is 19.4. The van der Waals surface area contributed by atoms with Crippen molar-refractivity contribution < 1.29 is 18.0 Å². The predicted octanol–water partition coefficient (Wildman–Crippen LogP) is 3.43. The van der Waals surface area contributed by atoms with Gasteiger partial charge in [-0.05, 0) is 19.4 Å². The Kier molecular flexibility index (Phi) is 4.25.